The predicted octanol–water partition coefficient (Wildman–Crippen LogP) is 3.67. The fourth-order valence-electron chi connectivity index (χ4n) is 0.911. The van der Waals surface area contributed by atoms with Crippen LogP contribution in [0.3, 0.4) is 0 Å². The van der Waals surface area contributed by atoms with Gasteiger partial charge in [0.25, 0.3) is 0 Å². The average molecular weight is 281 g/mol. The molecule has 1 aromatic rings. The van der Waals surface area contributed by atoms with Crippen LogP contribution in [0.5, 0.6) is 0 Å². The summed E-state index contributed by atoms with van der Waals surface area (Å²) in [5.41, 5.74) is 0.520. The van der Waals surface area contributed by atoms with E-state index in [2.05, 4.69) is 29.5 Å². The van der Waals surface area contributed by atoms with Crippen molar-refractivity contribution in [1.82, 2.24) is 0 Å². The molecule has 1 atom stereocenters. The van der Waals surface area contributed by atoms with Crippen molar-refractivity contribution in [2.75, 3.05) is 0 Å². The second-order valence-corrected chi connectivity index (χ2v) is 3.93. The zero-order valence-corrected chi connectivity index (χ0v) is 8.52. The second-order valence-electron chi connectivity index (χ2n) is 2.42. The Bertz CT molecular complexity index is 273. The SMILES string of the molecule is [CH2]CC(I)c1ccc(F)cc1F. The lowest BCUT2D eigenvalue weighted by Gasteiger charge is -2.07. The van der Waals surface area contributed by atoms with Crippen LogP contribution in [0.1, 0.15) is 15.9 Å². The number of rotatable bonds is 2. The molecule has 0 heterocycles. The Hall–Kier alpha value is -0.190. The van der Waals surface area contributed by atoms with Crippen LogP contribution < -0.4 is 0 Å². The van der Waals surface area contributed by atoms with Crippen LogP contribution in [0.4, 0.5) is 8.78 Å². The molecule has 0 aliphatic heterocycles. The van der Waals surface area contributed by atoms with E-state index in [9.17, 15) is 8.78 Å². The number of benzene rings is 1. The summed E-state index contributed by atoms with van der Waals surface area (Å²) < 4.78 is 25.5. The minimum Gasteiger partial charge on any atom is -0.207 e. The van der Waals surface area contributed by atoms with Crippen molar-refractivity contribution in [2.45, 2.75) is 10.3 Å². The average Bonchev–Trinajstić information content (AvgIpc) is 2.03. The molecule has 0 saturated carbocycles. The largest absolute Gasteiger partial charge is 0.207 e. The third-order valence-corrected chi connectivity index (χ3v) is 2.85. The maximum atomic E-state index is 13.0. The van der Waals surface area contributed by atoms with E-state index >= 15 is 0 Å². The molecule has 0 bridgehead atoms. The Morgan fingerprint density at radius 3 is 2.58 bits per heavy atom. The maximum Gasteiger partial charge on any atom is 0.130 e. The Labute approximate surface area is 84.1 Å². The molecule has 0 aliphatic rings. The van der Waals surface area contributed by atoms with Gasteiger partial charge in [-0.2, -0.15) is 0 Å². The topological polar surface area (TPSA) is 0 Å². The predicted molar refractivity (Wildman–Crippen MR) is 53.1 cm³/mol. The Balaban J connectivity index is 3.01. The molecule has 65 valence electrons. The summed E-state index contributed by atoms with van der Waals surface area (Å²) in [5.74, 6) is -1.03. The molecule has 0 spiro atoms. The Kier molecular flexibility index (Phi) is 3.43. The van der Waals surface area contributed by atoms with Crippen molar-refractivity contribution in [3.8, 4) is 0 Å². The lowest BCUT2D eigenvalue weighted by molar-refractivity contribution is 0.572. The van der Waals surface area contributed by atoms with E-state index in [4.69, 9.17) is 0 Å². The van der Waals surface area contributed by atoms with E-state index in [-0.39, 0.29) is 3.92 Å². The van der Waals surface area contributed by atoms with E-state index in [0.717, 1.165) is 6.07 Å². The fourth-order valence-corrected chi connectivity index (χ4v) is 1.42. The van der Waals surface area contributed by atoms with E-state index in [0.29, 0.717) is 12.0 Å². The third kappa shape index (κ3) is 2.15. The molecular weight excluding hydrogens is 273 g/mol. The van der Waals surface area contributed by atoms with Gasteiger partial charge in [0.15, 0.2) is 0 Å². The van der Waals surface area contributed by atoms with Crippen molar-refractivity contribution in [2.24, 2.45) is 0 Å². The highest BCUT2D eigenvalue weighted by molar-refractivity contribution is 14.1. The standard InChI is InChI=1S/C9H8F2I/c1-2-9(12)7-4-3-6(10)5-8(7)11/h3-5,9H,1-2H2. The van der Waals surface area contributed by atoms with E-state index in [1.54, 1.807) is 0 Å². The molecule has 0 fully saturated rings. The minimum atomic E-state index is -0.538. The molecule has 0 amide bonds. The van der Waals surface area contributed by atoms with Crippen LogP contribution in [0, 0.1) is 18.6 Å². The van der Waals surface area contributed by atoms with Crippen LogP contribution in [-0.4, -0.2) is 0 Å². The van der Waals surface area contributed by atoms with Gasteiger partial charge in [0.1, 0.15) is 11.6 Å². The van der Waals surface area contributed by atoms with E-state index < -0.39 is 11.6 Å². The van der Waals surface area contributed by atoms with Crippen LogP contribution in [0.25, 0.3) is 0 Å². The molecule has 1 radical (unpaired) electrons. The van der Waals surface area contributed by atoms with Gasteiger partial charge in [-0.15, -0.1) is 0 Å². The Morgan fingerprint density at radius 2 is 2.08 bits per heavy atom. The molecule has 0 aliphatic carbocycles. The highest BCUT2D eigenvalue weighted by Crippen LogP contribution is 2.28. The highest BCUT2D eigenvalue weighted by Gasteiger charge is 2.10. The molecule has 12 heavy (non-hydrogen) atoms. The van der Waals surface area contributed by atoms with Gasteiger partial charge < -0.3 is 0 Å². The molecule has 3 heteroatoms. The van der Waals surface area contributed by atoms with E-state index in [1.165, 1.54) is 12.1 Å². The molecule has 0 saturated heterocycles. The first kappa shape index (κ1) is 9.89. The summed E-state index contributed by atoms with van der Waals surface area (Å²) in [4.78, 5) is 0. The molecule has 0 aromatic heterocycles. The molecule has 1 unspecified atom stereocenters. The van der Waals surface area contributed by atoms with Gasteiger partial charge in [0, 0.05) is 15.6 Å². The highest BCUT2D eigenvalue weighted by atomic mass is 127. The molecule has 0 N–H and O–H groups in total. The summed E-state index contributed by atoms with van der Waals surface area (Å²) in [6.07, 6.45) is 0.600. The first-order chi connectivity index (χ1) is 5.65. The molecular formula is C9H8F2I. The lowest BCUT2D eigenvalue weighted by Crippen LogP contribution is -1.93. The number of hydrogen-bond donors (Lipinski definition) is 0. The molecule has 0 nitrogen and oxygen atoms in total. The number of halogens is 3. The van der Waals surface area contributed by atoms with Crippen molar-refractivity contribution >= 4 is 22.6 Å². The molecule has 1 rings (SSSR count). The lowest BCUT2D eigenvalue weighted by atomic mass is 10.1. The van der Waals surface area contributed by atoms with Gasteiger partial charge in [0.05, 0.1) is 0 Å². The van der Waals surface area contributed by atoms with Gasteiger partial charge in [0.2, 0.25) is 0 Å². The zero-order valence-electron chi connectivity index (χ0n) is 6.36. The van der Waals surface area contributed by atoms with Crippen LogP contribution >= 0.6 is 22.6 Å². The van der Waals surface area contributed by atoms with E-state index in [1.807, 2.05) is 0 Å². The van der Waals surface area contributed by atoms with Crippen LogP contribution in [-0.2, 0) is 0 Å². The quantitative estimate of drug-likeness (QED) is 0.573. The van der Waals surface area contributed by atoms with Crippen molar-refractivity contribution < 1.29 is 8.78 Å². The number of hydrogen-bond acceptors (Lipinski definition) is 0. The summed E-state index contributed by atoms with van der Waals surface area (Å²) in [7, 11) is 0. The van der Waals surface area contributed by atoms with Crippen LogP contribution in [0.15, 0.2) is 18.2 Å². The zero-order chi connectivity index (χ0) is 9.14. The smallest absolute Gasteiger partial charge is 0.130 e. The second kappa shape index (κ2) is 4.16. The van der Waals surface area contributed by atoms with Gasteiger partial charge in [-0.1, -0.05) is 35.6 Å². The maximum absolute atomic E-state index is 13.0. The first-order valence-corrected chi connectivity index (χ1v) is 4.78. The monoisotopic (exact) mass is 281 g/mol. The first-order valence-electron chi connectivity index (χ1n) is 3.53. The summed E-state index contributed by atoms with van der Waals surface area (Å²) in [5, 5.41) is 0. The van der Waals surface area contributed by atoms with Gasteiger partial charge in [-0.3, -0.25) is 0 Å². The summed E-state index contributed by atoms with van der Waals surface area (Å²) in [6, 6.07) is 3.63. The minimum absolute atomic E-state index is 0.0169. The molecule has 1 aromatic carbocycles. The number of alkyl halides is 1. The van der Waals surface area contributed by atoms with Crippen molar-refractivity contribution in [3.63, 3.8) is 0 Å². The van der Waals surface area contributed by atoms with Gasteiger partial charge in [-0.05, 0) is 12.5 Å². The Morgan fingerprint density at radius 1 is 1.42 bits per heavy atom. The van der Waals surface area contributed by atoms with Crippen molar-refractivity contribution in [1.29, 1.82) is 0 Å². The van der Waals surface area contributed by atoms with Gasteiger partial charge >= 0.3 is 0 Å². The van der Waals surface area contributed by atoms with Crippen LogP contribution in [0.2, 0.25) is 0 Å². The van der Waals surface area contributed by atoms with Crippen molar-refractivity contribution in [3.05, 3.63) is 42.3 Å². The van der Waals surface area contributed by atoms with Gasteiger partial charge in [-0.25, -0.2) is 8.78 Å². The summed E-state index contributed by atoms with van der Waals surface area (Å²) in [6.45, 7) is 3.66. The fraction of sp³-hybridized carbons (Fsp3) is 0.222. The normalized spacial score (nSPS) is 13.0. The summed E-state index contributed by atoms with van der Waals surface area (Å²) >= 11 is 2.08. The third-order valence-electron chi connectivity index (χ3n) is 1.55.